The maximum atomic E-state index is 12.5. The van der Waals surface area contributed by atoms with E-state index in [1.54, 1.807) is 23.6 Å². The fraction of sp³-hybridized carbons (Fsp3) is 0.333. The number of aromatic nitrogens is 3. The Kier molecular flexibility index (Phi) is 5.53. The number of rotatable bonds is 5. The molecule has 1 aliphatic heterocycles. The second-order valence-electron chi connectivity index (χ2n) is 6.40. The molecule has 3 aromatic rings. The van der Waals surface area contributed by atoms with Gasteiger partial charge in [-0.25, -0.2) is 15.0 Å². The molecule has 1 amide bonds. The molecule has 1 saturated heterocycles. The van der Waals surface area contributed by atoms with Crippen molar-refractivity contribution in [2.75, 3.05) is 45.1 Å². The molecule has 0 radical (unpaired) electrons. The van der Waals surface area contributed by atoms with Gasteiger partial charge in [0.25, 0.3) is 0 Å². The van der Waals surface area contributed by atoms with Crippen LogP contribution in [0.1, 0.15) is 0 Å². The Balaban J connectivity index is 1.53. The largest absolute Gasteiger partial charge is 0.309 e. The van der Waals surface area contributed by atoms with E-state index in [9.17, 15) is 4.79 Å². The molecular weight excluding hydrogens is 380 g/mol. The number of thiophene rings is 1. The molecule has 3 aromatic heterocycles. The summed E-state index contributed by atoms with van der Waals surface area (Å²) in [5, 5.41) is 7.65. The van der Waals surface area contributed by atoms with Crippen LogP contribution in [-0.4, -0.2) is 70.4 Å². The molecule has 0 spiro atoms. The highest BCUT2D eigenvalue weighted by molar-refractivity contribution is 7.13. The number of anilines is 1. The van der Waals surface area contributed by atoms with Crippen LogP contribution in [0.3, 0.4) is 0 Å². The minimum absolute atomic E-state index is 0.0551. The fourth-order valence-electron chi connectivity index (χ4n) is 2.88. The average Bonchev–Trinajstić information content (AvgIpc) is 3.37. The van der Waals surface area contributed by atoms with E-state index in [1.165, 1.54) is 11.3 Å². The summed E-state index contributed by atoms with van der Waals surface area (Å²) in [7, 11) is 2.10. The highest BCUT2D eigenvalue weighted by atomic mass is 32.1. The molecule has 1 fully saturated rings. The summed E-state index contributed by atoms with van der Waals surface area (Å²) in [5.41, 5.74) is 0.721. The van der Waals surface area contributed by atoms with E-state index in [1.807, 2.05) is 22.9 Å². The van der Waals surface area contributed by atoms with Crippen molar-refractivity contribution in [2.45, 2.75) is 0 Å². The van der Waals surface area contributed by atoms with Crippen molar-refractivity contribution in [3.05, 3.63) is 35.2 Å². The van der Waals surface area contributed by atoms with Crippen molar-refractivity contribution in [1.29, 1.82) is 0 Å². The van der Waals surface area contributed by atoms with Gasteiger partial charge in [0.1, 0.15) is 16.5 Å². The number of likely N-dealkylation sites (N-methyl/N-ethyl adjacent to an activating group) is 1. The van der Waals surface area contributed by atoms with Gasteiger partial charge in [0.05, 0.1) is 11.4 Å². The zero-order valence-electron chi connectivity index (χ0n) is 15.0. The van der Waals surface area contributed by atoms with E-state index >= 15 is 0 Å². The lowest BCUT2D eigenvalue weighted by Crippen LogP contribution is -2.47. The predicted molar refractivity (Wildman–Crippen MR) is 109 cm³/mol. The first-order chi connectivity index (χ1) is 13.2. The highest BCUT2D eigenvalue weighted by Gasteiger charge is 2.18. The van der Waals surface area contributed by atoms with Crippen LogP contribution in [0.4, 0.5) is 5.82 Å². The van der Waals surface area contributed by atoms with Crippen LogP contribution in [0.25, 0.3) is 21.4 Å². The second kappa shape index (κ2) is 8.22. The Hall–Kier alpha value is -2.20. The minimum atomic E-state index is -0.0551. The highest BCUT2D eigenvalue weighted by Crippen LogP contribution is 2.27. The molecule has 0 atom stereocenters. The zero-order valence-corrected chi connectivity index (χ0v) is 16.6. The molecule has 0 unspecified atom stereocenters. The molecule has 0 saturated carbocycles. The SMILES string of the molecule is CN1CCN(CC(=O)Nc2cc(-c3nccs3)nc(-c3cccs3)n2)CC1. The van der Waals surface area contributed by atoms with Gasteiger partial charge in [-0.2, -0.15) is 0 Å². The van der Waals surface area contributed by atoms with Gasteiger partial charge < -0.3 is 10.2 Å². The number of carbonyl (C=O) groups is 1. The Bertz CT molecular complexity index is 836. The van der Waals surface area contributed by atoms with Gasteiger partial charge in [-0.05, 0) is 18.5 Å². The maximum Gasteiger partial charge on any atom is 0.239 e. The molecule has 4 rings (SSSR count). The molecule has 1 aliphatic rings. The Morgan fingerprint density at radius 3 is 2.74 bits per heavy atom. The second-order valence-corrected chi connectivity index (χ2v) is 8.25. The standard InChI is InChI=1S/C18H20N6OS2/c1-23-5-7-24(8-6-23)12-16(25)21-15-11-13(18-19-4-10-27-18)20-17(22-15)14-3-2-9-26-14/h2-4,9-11H,5-8,12H2,1H3,(H,20,21,22,25). The summed E-state index contributed by atoms with van der Waals surface area (Å²) in [6.07, 6.45) is 1.75. The van der Waals surface area contributed by atoms with E-state index in [0.29, 0.717) is 18.2 Å². The topological polar surface area (TPSA) is 74.2 Å². The summed E-state index contributed by atoms with van der Waals surface area (Å²) in [6.45, 7) is 4.14. The summed E-state index contributed by atoms with van der Waals surface area (Å²) < 4.78 is 0. The van der Waals surface area contributed by atoms with E-state index < -0.39 is 0 Å². The van der Waals surface area contributed by atoms with Crippen LogP contribution in [0.15, 0.2) is 35.2 Å². The number of amides is 1. The number of nitrogens with zero attached hydrogens (tertiary/aromatic N) is 5. The van der Waals surface area contributed by atoms with Crippen molar-refractivity contribution < 1.29 is 4.79 Å². The Labute approximate surface area is 165 Å². The number of carbonyl (C=O) groups excluding carboxylic acids is 1. The monoisotopic (exact) mass is 400 g/mol. The molecule has 4 heterocycles. The molecule has 27 heavy (non-hydrogen) atoms. The quantitative estimate of drug-likeness (QED) is 0.709. The number of hydrogen-bond donors (Lipinski definition) is 1. The summed E-state index contributed by atoms with van der Waals surface area (Å²) in [4.78, 5) is 31.4. The van der Waals surface area contributed by atoms with Crippen molar-refractivity contribution in [1.82, 2.24) is 24.8 Å². The van der Waals surface area contributed by atoms with Gasteiger partial charge in [0, 0.05) is 43.8 Å². The number of hydrogen-bond acceptors (Lipinski definition) is 8. The lowest BCUT2D eigenvalue weighted by atomic mass is 10.3. The number of nitrogens with one attached hydrogen (secondary N) is 1. The molecule has 1 N–H and O–H groups in total. The van der Waals surface area contributed by atoms with E-state index in [4.69, 9.17) is 0 Å². The van der Waals surface area contributed by atoms with Gasteiger partial charge in [-0.1, -0.05) is 6.07 Å². The molecule has 7 nitrogen and oxygen atoms in total. The molecule has 9 heteroatoms. The van der Waals surface area contributed by atoms with Gasteiger partial charge in [0.2, 0.25) is 5.91 Å². The van der Waals surface area contributed by atoms with E-state index in [2.05, 4.69) is 37.1 Å². The maximum absolute atomic E-state index is 12.5. The van der Waals surface area contributed by atoms with Gasteiger partial charge in [0.15, 0.2) is 5.82 Å². The smallest absolute Gasteiger partial charge is 0.239 e. The Morgan fingerprint density at radius 1 is 1.19 bits per heavy atom. The molecular formula is C18H20N6OS2. The third-order valence-electron chi connectivity index (χ3n) is 4.35. The molecule has 0 aromatic carbocycles. The first-order valence-corrected chi connectivity index (χ1v) is 10.5. The number of piperazine rings is 1. The van der Waals surface area contributed by atoms with Gasteiger partial charge in [-0.15, -0.1) is 22.7 Å². The minimum Gasteiger partial charge on any atom is -0.309 e. The summed E-state index contributed by atoms with van der Waals surface area (Å²) >= 11 is 3.09. The summed E-state index contributed by atoms with van der Waals surface area (Å²) in [5.74, 6) is 1.06. The van der Waals surface area contributed by atoms with Crippen LogP contribution in [-0.2, 0) is 4.79 Å². The van der Waals surface area contributed by atoms with Crippen LogP contribution >= 0.6 is 22.7 Å². The zero-order chi connectivity index (χ0) is 18.6. The lowest BCUT2D eigenvalue weighted by molar-refractivity contribution is -0.117. The predicted octanol–water partition coefficient (Wildman–Crippen LogP) is 2.51. The molecule has 0 bridgehead atoms. The van der Waals surface area contributed by atoms with Crippen molar-refractivity contribution in [3.8, 4) is 21.4 Å². The normalized spacial score (nSPS) is 15.7. The number of thiazole rings is 1. The first-order valence-electron chi connectivity index (χ1n) is 8.71. The van der Waals surface area contributed by atoms with Gasteiger partial charge >= 0.3 is 0 Å². The van der Waals surface area contributed by atoms with Crippen LogP contribution in [0.5, 0.6) is 0 Å². The Morgan fingerprint density at radius 2 is 2.04 bits per heavy atom. The van der Waals surface area contributed by atoms with E-state index in [0.717, 1.165) is 41.8 Å². The van der Waals surface area contributed by atoms with Crippen molar-refractivity contribution in [3.63, 3.8) is 0 Å². The molecule has 0 aliphatic carbocycles. The molecule has 140 valence electrons. The van der Waals surface area contributed by atoms with Gasteiger partial charge in [-0.3, -0.25) is 9.69 Å². The fourth-order valence-corrected chi connectivity index (χ4v) is 4.13. The van der Waals surface area contributed by atoms with Crippen LogP contribution in [0.2, 0.25) is 0 Å². The average molecular weight is 401 g/mol. The van der Waals surface area contributed by atoms with Crippen molar-refractivity contribution >= 4 is 34.4 Å². The lowest BCUT2D eigenvalue weighted by Gasteiger charge is -2.31. The van der Waals surface area contributed by atoms with E-state index in [-0.39, 0.29) is 5.91 Å². The summed E-state index contributed by atoms with van der Waals surface area (Å²) in [6, 6.07) is 5.73. The third kappa shape index (κ3) is 4.56. The van der Waals surface area contributed by atoms with Crippen LogP contribution in [0, 0.1) is 0 Å². The van der Waals surface area contributed by atoms with Crippen LogP contribution < -0.4 is 5.32 Å². The third-order valence-corrected chi connectivity index (χ3v) is 6.01. The first kappa shape index (κ1) is 18.2. The van der Waals surface area contributed by atoms with Crippen molar-refractivity contribution in [2.24, 2.45) is 0 Å².